The lowest BCUT2D eigenvalue weighted by Gasteiger charge is -2.34. The van der Waals surface area contributed by atoms with Gasteiger partial charge in [-0.2, -0.15) is 0 Å². The fourth-order valence-electron chi connectivity index (χ4n) is 3.06. The van der Waals surface area contributed by atoms with Crippen molar-refractivity contribution in [2.75, 3.05) is 19.7 Å². The van der Waals surface area contributed by atoms with Gasteiger partial charge in [-0.1, -0.05) is 49.6 Å². The van der Waals surface area contributed by atoms with E-state index < -0.39 is 12.0 Å². The summed E-state index contributed by atoms with van der Waals surface area (Å²) in [6, 6.07) is 6.56. The molecule has 148 valence electrons. The number of nitrogens with one attached hydrogen (secondary N) is 1. The summed E-state index contributed by atoms with van der Waals surface area (Å²) in [7, 11) is 0. The molecule has 0 radical (unpaired) electrons. The average molecular weight is 395 g/mol. The van der Waals surface area contributed by atoms with Gasteiger partial charge < -0.3 is 15.0 Å². The highest BCUT2D eigenvalue weighted by atomic mass is 35.5. The Morgan fingerprint density at radius 1 is 1.30 bits per heavy atom. The van der Waals surface area contributed by atoms with Gasteiger partial charge in [-0.25, -0.2) is 0 Å². The first-order chi connectivity index (χ1) is 13.0. The molecule has 0 aliphatic carbocycles. The van der Waals surface area contributed by atoms with Gasteiger partial charge in [-0.05, 0) is 24.5 Å². The topological polar surface area (TPSA) is 75.7 Å². The lowest BCUT2D eigenvalue weighted by Crippen LogP contribution is -2.57. The van der Waals surface area contributed by atoms with Crippen LogP contribution >= 0.6 is 11.6 Å². The number of hydrogen-bond acceptors (Lipinski definition) is 4. The van der Waals surface area contributed by atoms with E-state index in [9.17, 15) is 14.4 Å². The van der Waals surface area contributed by atoms with Crippen LogP contribution in [0, 0.1) is 0 Å². The first kappa shape index (κ1) is 21.2. The van der Waals surface area contributed by atoms with E-state index >= 15 is 0 Å². The Labute approximate surface area is 165 Å². The molecule has 0 saturated carbocycles. The quantitative estimate of drug-likeness (QED) is 0.516. The minimum absolute atomic E-state index is 0.115. The first-order valence-electron chi connectivity index (χ1n) is 9.49. The van der Waals surface area contributed by atoms with E-state index in [4.69, 9.17) is 16.3 Å². The Kier molecular flexibility index (Phi) is 8.58. The summed E-state index contributed by atoms with van der Waals surface area (Å²) in [6.45, 7) is 3.20. The van der Waals surface area contributed by atoms with E-state index in [1.807, 2.05) is 18.2 Å². The minimum atomic E-state index is -0.809. The second-order valence-corrected chi connectivity index (χ2v) is 7.02. The lowest BCUT2D eigenvalue weighted by atomic mass is 10.1. The number of carbonyl (C=O) groups excluding carboxylic acids is 3. The molecule has 1 unspecified atom stereocenters. The van der Waals surface area contributed by atoms with Gasteiger partial charge in [-0.15, -0.1) is 0 Å². The lowest BCUT2D eigenvalue weighted by molar-refractivity contribution is -0.152. The minimum Gasteiger partial charge on any atom is -0.466 e. The number of amides is 2. The zero-order chi connectivity index (χ0) is 19.6. The molecule has 0 bridgehead atoms. The molecule has 1 aromatic rings. The molecule has 1 atom stereocenters. The Morgan fingerprint density at radius 2 is 2.07 bits per heavy atom. The third-order valence-electron chi connectivity index (χ3n) is 4.59. The Morgan fingerprint density at radius 3 is 2.81 bits per heavy atom. The predicted molar refractivity (Wildman–Crippen MR) is 103 cm³/mol. The molecule has 1 aliphatic heterocycles. The van der Waals surface area contributed by atoms with Crippen LogP contribution in [0.1, 0.15) is 44.6 Å². The maximum atomic E-state index is 12.7. The number of hydrogen-bond donors (Lipinski definition) is 1. The second-order valence-electron chi connectivity index (χ2n) is 6.62. The molecule has 1 heterocycles. The summed E-state index contributed by atoms with van der Waals surface area (Å²) in [5.74, 6) is -0.913. The molecule has 27 heavy (non-hydrogen) atoms. The fraction of sp³-hybridized carbons (Fsp3) is 0.550. The number of benzene rings is 1. The molecular weight excluding hydrogens is 368 g/mol. The number of carbonyl (C=O) groups is 3. The van der Waals surface area contributed by atoms with Crippen molar-refractivity contribution in [2.24, 2.45) is 0 Å². The van der Waals surface area contributed by atoms with Crippen molar-refractivity contribution >= 4 is 29.4 Å². The summed E-state index contributed by atoms with van der Waals surface area (Å²) >= 11 is 6.13. The van der Waals surface area contributed by atoms with Gasteiger partial charge in [0.05, 0.1) is 13.0 Å². The van der Waals surface area contributed by atoms with Crippen LogP contribution in [-0.2, 0) is 25.5 Å². The zero-order valence-electron chi connectivity index (χ0n) is 15.7. The van der Waals surface area contributed by atoms with Crippen molar-refractivity contribution in [3.05, 3.63) is 34.9 Å². The average Bonchev–Trinajstić information content (AvgIpc) is 2.66. The standard InChI is InChI=1S/C20H27ClN2O4/c1-2-3-6-13-27-19(25)14-17-20(26)22-11-12-23(17)18(24)10-9-15-7-4-5-8-16(15)21/h4-5,7-8,17H,2-3,6,9-14H2,1H3,(H,22,26). The molecule has 7 heteroatoms. The van der Waals surface area contributed by atoms with Crippen LogP contribution in [0.3, 0.4) is 0 Å². The third-order valence-corrected chi connectivity index (χ3v) is 4.96. The van der Waals surface area contributed by atoms with Crippen LogP contribution in [0.4, 0.5) is 0 Å². The molecule has 0 aromatic heterocycles. The summed E-state index contributed by atoms with van der Waals surface area (Å²) in [6.07, 6.45) is 3.44. The second kappa shape index (κ2) is 10.9. The predicted octanol–water partition coefficient (Wildman–Crippen LogP) is 2.72. The van der Waals surface area contributed by atoms with Crippen LogP contribution in [0.5, 0.6) is 0 Å². The van der Waals surface area contributed by atoms with Gasteiger partial charge in [-0.3, -0.25) is 14.4 Å². The normalized spacial score (nSPS) is 16.7. The fourth-order valence-corrected chi connectivity index (χ4v) is 3.29. The van der Waals surface area contributed by atoms with Crippen LogP contribution in [0.2, 0.25) is 5.02 Å². The van der Waals surface area contributed by atoms with Crippen molar-refractivity contribution in [2.45, 2.75) is 51.5 Å². The van der Waals surface area contributed by atoms with Crippen molar-refractivity contribution in [1.29, 1.82) is 0 Å². The van der Waals surface area contributed by atoms with E-state index in [0.717, 1.165) is 24.8 Å². The van der Waals surface area contributed by atoms with Gasteiger partial charge in [0.15, 0.2) is 0 Å². The molecule has 0 spiro atoms. The number of unbranched alkanes of at least 4 members (excludes halogenated alkanes) is 2. The molecule has 1 N–H and O–H groups in total. The van der Waals surface area contributed by atoms with E-state index in [2.05, 4.69) is 12.2 Å². The van der Waals surface area contributed by atoms with Gasteiger partial charge in [0.2, 0.25) is 11.8 Å². The molecule has 2 rings (SSSR count). The number of nitrogens with zero attached hydrogens (tertiary/aromatic N) is 1. The Bertz CT molecular complexity index is 665. The SMILES string of the molecule is CCCCCOC(=O)CC1C(=O)NCCN1C(=O)CCc1ccccc1Cl. The summed E-state index contributed by atoms with van der Waals surface area (Å²) in [5, 5.41) is 3.34. The number of esters is 1. The van der Waals surface area contributed by atoms with Crippen LogP contribution in [0.25, 0.3) is 0 Å². The molecule has 1 aliphatic rings. The summed E-state index contributed by atoms with van der Waals surface area (Å²) in [5.41, 5.74) is 0.890. The molecule has 6 nitrogen and oxygen atoms in total. The van der Waals surface area contributed by atoms with Crippen molar-refractivity contribution < 1.29 is 19.1 Å². The monoisotopic (exact) mass is 394 g/mol. The number of ether oxygens (including phenoxy) is 1. The van der Waals surface area contributed by atoms with Gasteiger partial charge >= 0.3 is 5.97 Å². The van der Waals surface area contributed by atoms with E-state index in [1.165, 1.54) is 4.90 Å². The highest BCUT2D eigenvalue weighted by molar-refractivity contribution is 6.31. The molecule has 1 aromatic carbocycles. The van der Waals surface area contributed by atoms with Gasteiger partial charge in [0, 0.05) is 24.5 Å². The molecule has 1 fully saturated rings. The first-order valence-corrected chi connectivity index (χ1v) is 9.87. The molecule has 1 saturated heterocycles. The summed E-state index contributed by atoms with van der Waals surface area (Å²) in [4.78, 5) is 38.4. The van der Waals surface area contributed by atoms with Crippen LogP contribution < -0.4 is 5.32 Å². The number of rotatable bonds is 9. The van der Waals surface area contributed by atoms with E-state index in [0.29, 0.717) is 31.1 Å². The van der Waals surface area contributed by atoms with Gasteiger partial charge in [0.25, 0.3) is 0 Å². The maximum Gasteiger partial charge on any atom is 0.308 e. The summed E-state index contributed by atoms with van der Waals surface area (Å²) < 4.78 is 5.19. The maximum absolute atomic E-state index is 12.7. The van der Waals surface area contributed by atoms with E-state index in [1.54, 1.807) is 6.07 Å². The smallest absolute Gasteiger partial charge is 0.308 e. The van der Waals surface area contributed by atoms with Crippen LogP contribution in [0.15, 0.2) is 24.3 Å². The van der Waals surface area contributed by atoms with Crippen molar-refractivity contribution in [3.8, 4) is 0 Å². The van der Waals surface area contributed by atoms with Crippen molar-refractivity contribution in [3.63, 3.8) is 0 Å². The number of halogens is 1. The number of piperazine rings is 1. The third kappa shape index (κ3) is 6.54. The van der Waals surface area contributed by atoms with E-state index in [-0.39, 0.29) is 24.7 Å². The van der Waals surface area contributed by atoms with Crippen LogP contribution in [-0.4, -0.2) is 48.4 Å². The molecular formula is C20H27ClN2O4. The zero-order valence-corrected chi connectivity index (χ0v) is 16.5. The molecule has 2 amide bonds. The number of aryl methyl sites for hydroxylation is 1. The van der Waals surface area contributed by atoms with Gasteiger partial charge in [0.1, 0.15) is 6.04 Å². The largest absolute Gasteiger partial charge is 0.466 e. The Balaban J connectivity index is 1.91. The van der Waals surface area contributed by atoms with Crippen molar-refractivity contribution in [1.82, 2.24) is 10.2 Å². The Hall–Kier alpha value is -2.08. The highest BCUT2D eigenvalue weighted by Gasteiger charge is 2.34. The highest BCUT2D eigenvalue weighted by Crippen LogP contribution is 2.18.